The standard InChI is InChI=1S/C22H25F8N7/c1-14(34-15-7-10-33-17(13-15)22(28,29)30)35-19(37-11-8-20(23,24)9-12-37)36-18(31)6-4-3-5-16(32-2)21(25,26)27/h3-5,7,10,13,32H,1,6,8-9,11-12H2,2H3,(H,33,34)(H2,31,35,36)/b4-3-,16-5-. The van der Waals surface area contributed by atoms with Gasteiger partial charge < -0.3 is 21.3 Å². The number of likely N-dealkylation sites (tertiary alicyclic amines) is 1. The van der Waals surface area contributed by atoms with E-state index in [-0.39, 0.29) is 42.8 Å². The fourth-order valence-corrected chi connectivity index (χ4v) is 3.03. The highest BCUT2D eigenvalue weighted by Gasteiger charge is 2.35. The number of nitrogens with one attached hydrogen (secondary N) is 2. The maximum absolute atomic E-state index is 13.6. The van der Waals surface area contributed by atoms with Gasteiger partial charge in [0.25, 0.3) is 5.92 Å². The minimum absolute atomic E-state index is 0.0303. The van der Waals surface area contributed by atoms with Crippen molar-refractivity contribution in [3.63, 3.8) is 0 Å². The number of halogens is 8. The lowest BCUT2D eigenvalue weighted by Gasteiger charge is -2.32. The zero-order valence-corrected chi connectivity index (χ0v) is 19.6. The molecule has 0 amide bonds. The highest BCUT2D eigenvalue weighted by Crippen LogP contribution is 2.30. The molecule has 1 aliphatic heterocycles. The molecule has 1 fully saturated rings. The summed E-state index contributed by atoms with van der Waals surface area (Å²) in [5.74, 6) is -3.28. The van der Waals surface area contributed by atoms with Crippen molar-refractivity contribution in [2.75, 3.05) is 25.5 Å². The Morgan fingerprint density at radius 1 is 1.19 bits per heavy atom. The molecule has 204 valence electrons. The summed E-state index contributed by atoms with van der Waals surface area (Å²) in [6.07, 6.45) is -6.19. The molecule has 0 aromatic carbocycles. The second-order valence-corrected chi connectivity index (χ2v) is 7.82. The van der Waals surface area contributed by atoms with Gasteiger partial charge in [0, 0.05) is 51.3 Å². The first-order chi connectivity index (χ1) is 17.1. The van der Waals surface area contributed by atoms with E-state index >= 15 is 0 Å². The average Bonchev–Trinajstić information content (AvgIpc) is 2.77. The molecule has 4 N–H and O–H groups in total. The number of hydrogen-bond acceptors (Lipinski definition) is 4. The van der Waals surface area contributed by atoms with Gasteiger partial charge >= 0.3 is 12.4 Å². The number of piperidine rings is 1. The molecule has 0 bridgehead atoms. The van der Waals surface area contributed by atoms with Crippen LogP contribution in [0.5, 0.6) is 0 Å². The van der Waals surface area contributed by atoms with Crippen LogP contribution in [0.1, 0.15) is 25.0 Å². The third kappa shape index (κ3) is 9.73. The highest BCUT2D eigenvalue weighted by atomic mass is 19.4. The minimum atomic E-state index is -4.68. The molecule has 1 saturated heterocycles. The van der Waals surface area contributed by atoms with Crippen LogP contribution in [0.3, 0.4) is 0 Å². The number of allylic oxidation sites excluding steroid dienone is 3. The second-order valence-electron chi connectivity index (χ2n) is 7.82. The summed E-state index contributed by atoms with van der Waals surface area (Å²) in [6, 6.07) is 1.98. The maximum Gasteiger partial charge on any atom is 0.433 e. The fourth-order valence-electron chi connectivity index (χ4n) is 3.03. The van der Waals surface area contributed by atoms with Crippen molar-refractivity contribution in [3.05, 3.63) is 60.3 Å². The molecule has 1 aromatic heterocycles. The van der Waals surface area contributed by atoms with E-state index in [1.165, 1.54) is 17.0 Å². The van der Waals surface area contributed by atoms with Gasteiger partial charge in [-0.2, -0.15) is 31.3 Å². The van der Waals surface area contributed by atoms with Crippen LogP contribution in [0.15, 0.2) is 64.6 Å². The van der Waals surface area contributed by atoms with Gasteiger partial charge in [0.1, 0.15) is 23.0 Å². The van der Waals surface area contributed by atoms with Gasteiger partial charge in [-0.05, 0) is 18.2 Å². The minimum Gasteiger partial charge on any atom is -0.387 e. The molecule has 0 unspecified atom stereocenters. The van der Waals surface area contributed by atoms with E-state index in [4.69, 9.17) is 5.73 Å². The molecule has 2 heterocycles. The highest BCUT2D eigenvalue weighted by molar-refractivity contribution is 5.96. The Hall–Kier alpha value is -3.65. The molecule has 7 nitrogen and oxygen atoms in total. The molecule has 15 heteroatoms. The molecular formula is C22H25F8N7. The van der Waals surface area contributed by atoms with Crippen LogP contribution in [0.4, 0.5) is 40.8 Å². The Kier molecular flexibility index (Phi) is 9.64. The topological polar surface area (TPSA) is 90.9 Å². The summed E-state index contributed by atoms with van der Waals surface area (Å²) in [6.45, 7) is 3.34. The second kappa shape index (κ2) is 12.1. The lowest BCUT2D eigenvalue weighted by molar-refractivity contribution is -0.141. The van der Waals surface area contributed by atoms with E-state index in [1.54, 1.807) is 0 Å². The van der Waals surface area contributed by atoms with Crippen LogP contribution in [0.25, 0.3) is 0 Å². The number of guanidine groups is 1. The first-order valence-electron chi connectivity index (χ1n) is 10.8. The van der Waals surface area contributed by atoms with Gasteiger partial charge in [-0.3, -0.25) is 4.98 Å². The first kappa shape index (κ1) is 29.6. The summed E-state index contributed by atoms with van der Waals surface area (Å²) < 4.78 is 104. The van der Waals surface area contributed by atoms with Crippen molar-refractivity contribution >= 4 is 17.5 Å². The van der Waals surface area contributed by atoms with E-state index in [1.807, 2.05) is 5.32 Å². The van der Waals surface area contributed by atoms with E-state index in [0.29, 0.717) is 0 Å². The van der Waals surface area contributed by atoms with Crippen molar-refractivity contribution in [2.45, 2.75) is 37.5 Å². The third-order valence-corrected chi connectivity index (χ3v) is 4.90. The Balaban J connectivity index is 2.23. The summed E-state index contributed by atoms with van der Waals surface area (Å²) in [4.78, 5) is 12.8. The van der Waals surface area contributed by atoms with E-state index in [0.717, 1.165) is 31.5 Å². The summed E-state index contributed by atoms with van der Waals surface area (Å²) >= 11 is 0. The molecule has 0 saturated carbocycles. The van der Waals surface area contributed by atoms with Crippen molar-refractivity contribution in [3.8, 4) is 0 Å². The van der Waals surface area contributed by atoms with Crippen molar-refractivity contribution in [1.29, 1.82) is 0 Å². The number of pyridine rings is 1. The number of nitrogens with zero attached hydrogens (tertiary/aromatic N) is 4. The summed E-state index contributed by atoms with van der Waals surface area (Å²) in [5, 5.41) is 4.58. The van der Waals surface area contributed by atoms with Gasteiger partial charge in [-0.25, -0.2) is 13.8 Å². The normalized spacial score (nSPS) is 17.8. The smallest absolute Gasteiger partial charge is 0.387 e. The predicted octanol–water partition coefficient (Wildman–Crippen LogP) is 5.04. The van der Waals surface area contributed by atoms with Gasteiger partial charge in [-0.1, -0.05) is 18.7 Å². The number of hydrogen-bond donors (Lipinski definition) is 3. The van der Waals surface area contributed by atoms with Crippen LogP contribution in [-0.2, 0) is 6.18 Å². The van der Waals surface area contributed by atoms with Crippen LogP contribution in [-0.4, -0.2) is 53.9 Å². The molecule has 0 radical (unpaired) electrons. The molecule has 1 aromatic rings. The molecular weight excluding hydrogens is 514 g/mol. The van der Waals surface area contributed by atoms with Crippen molar-refractivity contribution in [1.82, 2.24) is 15.2 Å². The lowest BCUT2D eigenvalue weighted by Crippen LogP contribution is -2.42. The molecule has 37 heavy (non-hydrogen) atoms. The van der Waals surface area contributed by atoms with Crippen molar-refractivity contribution < 1.29 is 35.1 Å². The Labute approximate surface area is 207 Å². The number of aromatic nitrogens is 1. The average molecular weight is 539 g/mol. The van der Waals surface area contributed by atoms with Gasteiger partial charge in [0.15, 0.2) is 0 Å². The zero-order valence-electron chi connectivity index (χ0n) is 19.6. The number of rotatable bonds is 7. The SMILES string of the molecule is C=C(/N=C(\N=C(/N)C/C=C\C=C(/NC)C(F)(F)F)N1CCC(F)(F)CC1)Nc1ccnc(C(F)(F)F)c1. The van der Waals surface area contributed by atoms with E-state index < -0.39 is 42.5 Å². The number of amidine groups is 1. The number of aliphatic imine (C=N–C) groups is 2. The van der Waals surface area contributed by atoms with Gasteiger partial charge in [0.2, 0.25) is 5.96 Å². The zero-order chi connectivity index (χ0) is 27.9. The van der Waals surface area contributed by atoms with Crippen LogP contribution < -0.4 is 16.4 Å². The van der Waals surface area contributed by atoms with Gasteiger partial charge in [-0.15, -0.1) is 0 Å². The molecule has 0 atom stereocenters. The maximum atomic E-state index is 13.6. The van der Waals surface area contributed by atoms with Gasteiger partial charge in [0.05, 0.1) is 0 Å². The molecule has 0 aliphatic carbocycles. The summed E-state index contributed by atoms with van der Waals surface area (Å²) in [7, 11) is 1.12. The largest absolute Gasteiger partial charge is 0.433 e. The first-order valence-corrected chi connectivity index (χ1v) is 10.8. The predicted molar refractivity (Wildman–Crippen MR) is 124 cm³/mol. The van der Waals surface area contributed by atoms with Crippen molar-refractivity contribution in [2.24, 2.45) is 15.7 Å². The van der Waals surface area contributed by atoms with Crippen LogP contribution in [0, 0.1) is 0 Å². The number of alkyl halides is 8. The molecule has 2 rings (SSSR count). The molecule has 1 aliphatic rings. The Bertz CT molecular complexity index is 1060. The third-order valence-electron chi connectivity index (χ3n) is 4.90. The van der Waals surface area contributed by atoms with Crippen LogP contribution >= 0.6 is 0 Å². The quantitative estimate of drug-likeness (QED) is 0.196. The monoisotopic (exact) mass is 539 g/mol. The Morgan fingerprint density at radius 2 is 1.84 bits per heavy atom. The number of nitrogens with two attached hydrogens (primary N) is 1. The summed E-state index contributed by atoms with van der Waals surface area (Å²) in [5.41, 5.74) is 3.70. The lowest BCUT2D eigenvalue weighted by atomic mass is 10.1. The Morgan fingerprint density at radius 3 is 2.41 bits per heavy atom. The number of anilines is 1. The van der Waals surface area contributed by atoms with E-state index in [9.17, 15) is 35.1 Å². The fraction of sp³-hybridized carbons (Fsp3) is 0.409. The van der Waals surface area contributed by atoms with E-state index in [2.05, 4.69) is 26.9 Å². The van der Waals surface area contributed by atoms with Crippen LogP contribution in [0.2, 0.25) is 0 Å². The molecule has 0 spiro atoms.